The molecule has 0 bridgehead atoms. The summed E-state index contributed by atoms with van der Waals surface area (Å²) in [5, 5.41) is 34.1. The van der Waals surface area contributed by atoms with Crippen molar-refractivity contribution in [2.45, 2.75) is 62.1 Å². The maximum absolute atomic E-state index is 13.3. The van der Waals surface area contributed by atoms with Gasteiger partial charge in [-0.1, -0.05) is 36.1 Å². The van der Waals surface area contributed by atoms with Crippen LogP contribution in [-0.2, 0) is 25.5 Å². The van der Waals surface area contributed by atoms with Crippen LogP contribution in [0, 0.1) is 24.7 Å². The van der Waals surface area contributed by atoms with Gasteiger partial charge in [0.05, 0.1) is 26.1 Å². The molecular weight excluding hydrogens is 673 g/mol. The fourth-order valence-electron chi connectivity index (χ4n) is 6.09. The van der Waals surface area contributed by atoms with Crippen LogP contribution in [0.4, 0.5) is 0 Å². The van der Waals surface area contributed by atoms with Crippen LogP contribution in [-0.4, -0.2) is 136 Å². The number of hydrogen-bond donors (Lipinski definition) is 4. The summed E-state index contributed by atoms with van der Waals surface area (Å²) in [6.45, 7) is 5.95. The smallest absolute Gasteiger partial charge is 0.247 e. The van der Waals surface area contributed by atoms with Crippen LogP contribution in [0.5, 0.6) is 5.75 Å². The highest BCUT2D eigenvalue weighted by Crippen LogP contribution is 2.36. The first kappa shape index (κ1) is 39.7. The molecule has 0 radical (unpaired) electrons. The monoisotopic (exact) mass is 720 g/mol. The van der Waals surface area contributed by atoms with Crippen molar-refractivity contribution in [2.24, 2.45) is 0 Å². The van der Waals surface area contributed by atoms with Crippen molar-refractivity contribution in [1.82, 2.24) is 20.0 Å². The third-order valence-corrected chi connectivity index (χ3v) is 9.94. The molecule has 2 saturated heterocycles. The van der Waals surface area contributed by atoms with Crippen LogP contribution in [0.25, 0.3) is 0 Å². The topological polar surface area (TPSA) is 152 Å². The predicted molar refractivity (Wildman–Crippen MR) is 195 cm³/mol. The minimum Gasteiger partial charge on any atom is -0.493 e. The number of nitrogens with zero attached hydrogens (tertiary/aromatic N) is 3. The molecule has 4 N–H and O–H groups in total. The molecule has 2 aliphatic heterocycles. The van der Waals surface area contributed by atoms with Crippen molar-refractivity contribution >= 4 is 29.5 Å². The number of hydrogen-bond acceptors (Lipinski definition) is 10. The van der Waals surface area contributed by atoms with Crippen LogP contribution in [0.2, 0.25) is 0 Å². The molecule has 2 aliphatic rings. The second kappa shape index (κ2) is 17.9. The number of carbonyl (C=O) groups is 3. The lowest BCUT2D eigenvalue weighted by atomic mass is 9.91. The van der Waals surface area contributed by atoms with E-state index in [0.717, 1.165) is 11.1 Å². The molecule has 0 aromatic heterocycles. The fraction of sp³-hybridized carbons (Fsp3) is 0.500. The van der Waals surface area contributed by atoms with Crippen LogP contribution in [0.1, 0.15) is 48.6 Å². The molecule has 0 aliphatic carbocycles. The average molecular weight is 721 g/mol. The maximum Gasteiger partial charge on any atom is 0.247 e. The lowest BCUT2D eigenvalue weighted by Crippen LogP contribution is -2.60. The Morgan fingerprint density at radius 2 is 1.73 bits per heavy atom. The van der Waals surface area contributed by atoms with E-state index in [1.54, 1.807) is 56.3 Å². The molecule has 2 heterocycles. The number of terminal acetylenes is 2. The highest BCUT2D eigenvalue weighted by atomic mass is 32.2. The van der Waals surface area contributed by atoms with E-state index in [1.807, 2.05) is 23.1 Å². The van der Waals surface area contributed by atoms with E-state index in [-0.39, 0.29) is 43.8 Å². The number of aliphatic hydroxyl groups is 3. The summed E-state index contributed by atoms with van der Waals surface area (Å²) in [5.74, 6) is 5.15. The van der Waals surface area contributed by atoms with Crippen molar-refractivity contribution in [2.75, 3.05) is 59.2 Å². The quantitative estimate of drug-likeness (QED) is 0.221. The van der Waals surface area contributed by atoms with Gasteiger partial charge >= 0.3 is 0 Å². The molecule has 0 unspecified atom stereocenters. The van der Waals surface area contributed by atoms with E-state index < -0.39 is 35.4 Å². The Morgan fingerprint density at radius 3 is 2.35 bits per heavy atom. The standard InChI is InChI=1S/C38H48N4O8S/c1-7-16-40(5)31(44)24-41-17-19-42(20-18-41)37(48)38(3,4)39-30(43)15-21-49-29-13-9-25(10-14-29)22-28-23-27(12-11-26(28)8-2)35-33(46)32(45)34(47)36(50-35)51-6/h1-2,9-14,23,32-36,45-47H,15-22,24H2,3-6H3,(H,39,43)/t32-,33-,34+,35+,36-/m1/s1. The molecule has 2 fully saturated rings. The summed E-state index contributed by atoms with van der Waals surface area (Å²) in [4.78, 5) is 43.5. The van der Waals surface area contributed by atoms with Gasteiger partial charge in [-0.3, -0.25) is 19.3 Å². The molecule has 13 heteroatoms. The van der Waals surface area contributed by atoms with Gasteiger partial charge in [0.2, 0.25) is 17.7 Å². The van der Waals surface area contributed by atoms with Crippen LogP contribution < -0.4 is 10.1 Å². The van der Waals surface area contributed by atoms with Crippen molar-refractivity contribution in [1.29, 1.82) is 0 Å². The SMILES string of the molecule is C#CCN(C)C(=O)CN1CCN(C(=O)C(C)(C)NC(=O)CCOc2ccc(Cc3cc([C@@H]4O[C@H](SC)[C@@H](O)[C@H](O)[C@H]4O)ccc3C#C)cc2)CC1. The van der Waals surface area contributed by atoms with Gasteiger partial charge < -0.3 is 39.9 Å². The zero-order valence-corrected chi connectivity index (χ0v) is 30.4. The Balaban J connectivity index is 1.25. The minimum atomic E-state index is -1.35. The number of piperazine rings is 1. The van der Waals surface area contributed by atoms with E-state index in [9.17, 15) is 29.7 Å². The summed E-state index contributed by atoms with van der Waals surface area (Å²) >= 11 is 1.25. The number of ether oxygens (including phenoxy) is 2. The van der Waals surface area contributed by atoms with Gasteiger partial charge in [0, 0.05) is 38.8 Å². The highest BCUT2D eigenvalue weighted by molar-refractivity contribution is 7.99. The number of nitrogens with one attached hydrogen (secondary N) is 1. The third kappa shape index (κ3) is 10.3. The Labute approximate surface area is 304 Å². The van der Waals surface area contributed by atoms with E-state index >= 15 is 0 Å². The van der Waals surface area contributed by atoms with Crippen molar-refractivity contribution < 1.29 is 39.2 Å². The average Bonchev–Trinajstić information content (AvgIpc) is 3.11. The molecule has 51 heavy (non-hydrogen) atoms. The number of aliphatic hydroxyl groups excluding tert-OH is 3. The zero-order valence-electron chi connectivity index (χ0n) is 29.6. The molecule has 2 aromatic rings. The minimum absolute atomic E-state index is 0.0516. The van der Waals surface area contributed by atoms with E-state index in [2.05, 4.69) is 17.2 Å². The molecule has 5 atom stereocenters. The Hall–Kier alpha value is -4.08. The normalized spacial score (nSPS) is 22.4. The zero-order chi connectivity index (χ0) is 37.3. The molecule has 274 valence electrons. The number of amides is 3. The number of likely N-dealkylation sites (N-methyl/N-ethyl adjacent to an activating group) is 1. The van der Waals surface area contributed by atoms with Gasteiger partial charge in [0.25, 0.3) is 0 Å². The van der Waals surface area contributed by atoms with Crippen molar-refractivity contribution in [3.8, 4) is 30.4 Å². The molecule has 3 amide bonds. The Bertz CT molecular complexity index is 1610. The van der Waals surface area contributed by atoms with Crippen LogP contribution in [0.3, 0.4) is 0 Å². The second-order valence-corrected chi connectivity index (χ2v) is 14.2. The summed E-state index contributed by atoms with van der Waals surface area (Å²) in [7, 11) is 1.66. The predicted octanol–water partition coefficient (Wildman–Crippen LogP) is 1.00. The highest BCUT2D eigenvalue weighted by Gasteiger charge is 2.44. The number of carbonyl (C=O) groups excluding carboxylic acids is 3. The molecule has 0 spiro atoms. The summed E-state index contributed by atoms with van der Waals surface area (Å²) in [5.41, 5.74) is 1.29. The lowest BCUT2D eigenvalue weighted by Gasteiger charge is -2.40. The summed E-state index contributed by atoms with van der Waals surface area (Å²) in [6, 6.07) is 12.8. The Kier molecular flexibility index (Phi) is 13.9. The molecule has 2 aromatic carbocycles. The maximum atomic E-state index is 13.3. The first-order valence-corrected chi connectivity index (χ1v) is 18.1. The lowest BCUT2D eigenvalue weighted by molar-refractivity contribution is -0.200. The first-order chi connectivity index (χ1) is 24.3. The van der Waals surface area contributed by atoms with Gasteiger partial charge in [0.1, 0.15) is 41.1 Å². The number of thioether (sulfide) groups is 1. The van der Waals surface area contributed by atoms with E-state index in [4.69, 9.17) is 22.3 Å². The van der Waals surface area contributed by atoms with Crippen LogP contribution in [0.15, 0.2) is 42.5 Å². The molecular formula is C38H48N4O8S. The third-order valence-electron chi connectivity index (χ3n) is 9.09. The van der Waals surface area contributed by atoms with Gasteiger partial charge in [-0.25, -0.2) is 0 Å². The van der Waals surface area contributed by atoms with Gasteiger partial charge in [0.15, 0.2) is 0 Å². The second-order valence-electron chi connectivity index (χ2n) is 13.3. The molecule has 4 rings (SSSR count). The van der Waals surface area contributed by atoms with Gasteiger partial charge in [-0.2, -0.15) is 0 Å². The molecule has 12 nitrogen and oxygen atoms in total. The number of rotatable bonds is 13. The Morgan fingerprint density at radius 1 is 1.04 bits per heavy atom. The van der Waals surface area contributed by atoms with Gasteiger partial charge in [-0.05, 0) is 61.4 Å². The van der Waals surface area contributed by atoms with E-state index in [0.29, 0.717) is 49.5 Å². The summed E-state index contributed by atoms with van der Waals surface area (Å²) < 4.78 is 11.7. The van der Waals surface area contributed by atoms with Crippen molar-refractivity contribution in [3.63, 3.8) is 0 Å². The van der Waals surface area contributed by atoms with Crippen molar-refractivity contribution in [3.05, 3.63) is 64.7 Å². The first-order valence-electron chi connectivity index (χ1n) is 16.8. The molecule has 0 saturated carbocycles. The number of benzene rings is 2. The fourth-order valence-corrected chi connectivity index (χ4v) is 6.76. The van der Waals surface area contributed by atoms with Crippen LogP contribution >= 0.6 is 11.8 Å². The summed E-state index contributed by atoms with van der Waals surface area (Å²) in [6.07, 6.45) is 8.65. The van der Waals surface area contributed by atoms with E-state index in [1.165, 1.54) is 16.7 Å². The largest absolute Gasteiger partial charge is 0.493 e. The van der Waals surface area contributed by atoms with Gasteiger partial charge in [-0.15, -0.1) is 24.6 Å².